The first kappa shape index (κ1) is 18.2. The van der Waals surface area contributed by atoms with Gasteiger partial charge in [0.05, 0.1) is 0 Å². The van der Waals surface area contributed by atoms with Gasteiger partial charge in [0.25, 0.3) is 5.97 Å². The second-order valence-corrected chi connectivity index (χ2v) is 8.81. The summed E-state index contributed by atoms with van der Waals surface area (Å²) in [7, 11) is 0. The lowest BCUT2D eigenvalue weighted by molar-refractivity contribution is -0.134. The number of aliphatic carboxylic acids is 1. The van der Waals surface area contributed by atoms with Crippen molar-refractivity contribution in [2.75, 3.05) is 0 Å². The van der Waals surface area contributed by atoms with Gasteiger partial charge >= 0.3 is 0 Å². The van der Waals surface area contributed by atoms with Crippen LogP contribution in [0.15, 0.2) is 0 Å². The molecule has 4 rings (SSSR count). The van der Waals surface area contributed by atoms with Crippen LogP contribution in [-0.4, -0.2) is 40.1 Å². The fourth-order valence-corrected chi connectivity index (χ4v) is 6.17. The number of piperidine rings is 2. The normalized spacial score (nSPS) is 42.4. The van der Waals surface area contributed by atoms with Gasteiger partial charge in [0, 0.05) is 31.1 Å². The van der Waals surface area contributed by atoms with Gasteiger partial charge in [-0.1, -0.05) is 32.1 Å². The standard InChI is InChI=1S/C18H32N2.C2H4O2/c19-15-11-16-6-3-7-17(12-15)20(16)18-9-13-4-1-2-5-14(8-13)10-18;1-2(3)4/h13-18H,1-12,19H2;1H3,(H,3,4)/t13-,14+,15-,16+,17-,18-;. The van der Waals surface area contributed by atoms with E-state index >= 15 is 0 Å². The lowest BCUT2D eigenvalue weighted by atomic mass is 9.73. The summed E-state index contributed by atoms with van der Waals surface area (Å²) in [4.78, 5) is 12.0. The fraction of sp³-hybridized carbons (Fsp3) is 0.950. The Balaban J connectivity index is 0.000000383. The molecule has 2 aliphatic carbocycles. The Kier molecular flexibility index (Phi) is 6.20. The Morgan fingerprint density at radius 3 is 1.83 bits per heavy atom. The predicted octanol–water partition coefficient (Wildman–Crippen LogP) is 3.78. The van der Waals surface area contributed by atoms with Crippen molar-refractivity contribution in [3.05, 3.63) is 0 Å². The van der Waals surface area contributed by atoms with Gasteiger partial charge in [0.15, 0.2) is 0 Å². The highest BCUT2D eigenvalue weighted by Crippen LogP contribution is 2.44. The molecule has 0 aromatic carbocycles. The number of hydrogen-bond acceptors (Lipinski definition) is 3. The van der Waals surface area contributed by atoms with Gasteiger partial charge in [-0.05, 0) is 56.8 Å². The number of rotatable bonds is 1. The van der Waals surface area contributed by atoms with E-state index in [1.807, 2.05) is 0 Å². The van der Waals surface area contributed by atoms with Crippen LogP contribution >= 0.6 is 0 Å². The number of carboxylic acid groups (broad SMARTS) is 1. The summed E-state index contributed by atoms with van der Waals surface area (Å²) in [6, 6.07) is 3.08. The van der Waals surface area contributed by atoms with Gasteiger partial charge in [-0.2, -0.15) is 0 Å². The first-order chi connectivity index (χ1) is 11.5. The molecule has 0 amide bonds. The molecule has 3 N–H and O–H groups in total. The molecule has 2 saturated heterocycles. The number of carbonyl (C=O) groups is 1. The largest absolute Gasteiger partial charge is 0.481 e. The van der Waals surface area contributed by atoms with Crippen molar-refractivity contribution in [3.8, 4) is 0 Å². The Bertz CT molecular complexity index is 396. The zero-order valence-corrected chi connectivity index (χ0v) is 15.3. The van der Waals surface area contributed by atoms with Gasteiger partial charge < -0.3 is 10.8 Å². The number of nitrogens with zero attached hydrogens (tertiary/aromatic N) is 1. The molecule has 4 bridgehead atoms. The van der Waals surface area contributed by atoms with Crippen LogP contribution in [0.5, 0.6) is 0 Å². The van der Waals surface area contributed by atoms with E-state index in [0.29, 0.717) is 6.04 Å². The van der Waals surface area contributed by atoms with E-state index in [9.17, 15) is 0 Å². The van der Waals surface area contributed by atoms with Gasteiger partial charge in [0.1, 0.15) is 0 Å². The topological polar surface area (TPSA) is 66.6 Å². The maximum Gasteiger partial charge on any atom is 0.300 e. The third kappa shape index (κ3) is 4.51. The molecule has 4 aliphatic rings. The van der Waals surface area contributed by atoms with Gasteiger partial charge in [-0.3, -0.25) is 9.69 Å². The number of hydrogen-bond donors (Lipinski definition) is 2. The molecule has 0 aromatic heterocycles. The van der Waals surface area contributed by atoms with Crippen molar-refractivity contribution < 1.29 is 9.90 Å². The van der Waals surface area contributed by atoms with Crippen LogP contribution in [0.2, 0.25) is 0 Å². The third-order valence-corrected chi connectivity index (χ3v) is 6.84. The third-order valence-electron chi connectivity index (χ3n) is 6.84. The first-order valence-corrected chi connectivity index (χ1v) is 10.3. The van der Waals surface area contributed by atoms with Crippen molar-refractivity contribution in [2.24, 2.45) is 17.6 Å². The maximum absolute atomic E-state index is 9.00. The van der Waals surface area contributed by atoms with Crippen LogP contribution in [0.1, 0.15) is 84.0 Å². The van der Waals surface area contributed by atoms with Crippen LogP contribution in [0.3, 0.4) is 0 Å². The molecular formula is C20H36N2O2. The van der Waals surface area contributed by atoms with E-state index in [4.69, 9.17) is 15.6 Å². The van der Waals surface area contributed by atoms with Crippen LogP contribution in [0, 0.1) is 11.8 Å². The number of carboxylic acids is 1. The average Bonchev–Trinajstić information content (AvgIpc) is 2.66. The second kappa shape index (κ2) is 8.18. The molecule has 138 valence electrons. The minimum absolute atomic E-state index is 0.493. The van der Waals surface area contributed by atoms with E-state index in [0.717, 1.165) is 36.9 Å². The quantitative estimate of drug-likeness (QED) is 0.765. The highest BCUT2D eigenvalue weighted by molar-refractivity contribution is 5.62. The van der Waals surface area contributed by atoms with Crippen LogP contribution < -0.4 is 5.73 Å². The molecule has 0 unspecified atom stereocenters. The van der Waals surface area contributed by atoms with E-state index in [2.05, 4.69) is 4.90 Å². The molecule has 4 nitrogen and oxygen atoms in total. The molecule has 0 spiro atoms. The van der Waals surface area contributed by atoms with E-state index in [1.165, 1.54) is 70.6 Å². The fourth-order valence-electron chi connectivity index (χ4n) is 6.17. The minimum atomic E-state index is -0.833. The Morgan fingerprint density at radius 2 is 1.33 bits per heavy atom. The SMILES string of the molecule is CC(=O)O.N[C@H]1C[C@H]2CCC[C@@H](C1)N2[C@@H]1C[C@@H]2CCCC[C@@H](C2)C1. The lowest BCUT2D eigenvalue weighted by Gasteiger charge is -2.54. The highest BCUT2D eigenvalue weighted by Gasteiger charge is 2.43. The number of nitrogens with two attached hydrogens (primary N) is 1. The summed E-state index contributed by atoms with van der Waals surface area (Å²) in [6.45, 7) is 1.08. The Morgan fingerprint density at radius 1 is 0.833 bits per heavy atom. The van der Waals surface area contributed by atoms with Gasteiger partial charge in [-0.25, -0.2) is 0 Å². The lowest BCUT2D eigenvalue weighted by Crippen LogP contribution is -2.60. The zero-order chi connectivity index (χ0) is 17.1. The highest BCUT2D eigenvalue weighted by atomic mass is 16.4. The van der Waals surface area contributed by atoms with Crippen LogP contribution in [0.25, 0.3) is 0 Å². The van der Waals surface area contributed by atoms with E-state index in [1.54, 1.807) is 6.42 Å². The monoisotopic (exact) mass is 336 g/mol. The molecule has 2 saturated carbocycles. The molecule has 4 heteroatoms. The predicted molar refractivity (Wildman–Crippen MR) is 96.9 cm³/mol. The second-order valence-electron chi connectivity index (χ2n) is 8.81. The maximum atomic E-state index is 9.00. The summed E-state index contributed by atoms with van der Waals surface area (Å²) >= 11 is 0. The van der Waals surface area contributed by atoms with E-state index in [-0.39, 0.29) is 0 Å². The molecular weight excluding hydrogens is 300 g/mol. The summed E-state index contributed by atoms with van der Waals surface area (Å²) in [5, 5.41) is 7.42. The molecule has 2 aliphatic heterocycles. The first-order valence-electron chi connectivity index (χ1n) is 10.3. The van der Waals surface area contributed by atoms with Crippen LogP contribution in [0.4, 0.5) is 0 Å². The van der Waals surface area contributed by atoms with Crippen molar-refractivity contribution in [1.82, 2.24) is 4.90 Å². The molecule has 0 aromatic rings. The Labute approximate surface area is 147 Å². The molecule has 2 heterocycles. The van der Waals surface area contributed by atoms with Gasteiger partial charge in [-0.15, -0.1) is 0 Å². The summed E-state index contributed by atoms with van der Waals surface area (Å²) < 4.78 is 0. The van der Waals surface area contributed by atoms with Crippen molar-refractivity contribution >= 4 is 5.97 Å². The summed E-state index contributed by atoms with van der Waals surface area (Å²) in [5.41, 5.74) is 6.31. The smallest absolute Gasteiger partial charge is 0.300 e. The van der Waals surface area contributed by atoms with Crippen molar-refractivity contribution in [2.45, 2.75) is 108 Å². The minimum Gasteiger partial charge on any atom is -0.481 e. The van der Waals surface area contributed by atoms with Crippen molar-refractivity contribution in [1.29, 1.82) is 0 Å². The van der Waals surface area contributed by atoms with Gasteiger partial charge in [0.2, 0.25) is 0 Å². The molecule has 4 fully saturated rings. The van der Waals surface area contributed by atoms with E-state index < -0.39 is 5.97 Å². The molecule has 24 heavy (non-hydrogen) atoms. The molecule has 6 atom stereocenters. The summed E-state index contributed by atoms with van der Waals surface area (Å²) in [6.07, 6.45) is 17.5. The molecule has 0 radical (unpaired) electrons. The summed E-state index contributed by atoms with van der Waals surface area (Å²) in [5.74, 6) is 1.27. The van der Waals surface area contributed by atoms with Crippen LogP contribution in [-0.2, 0) is 4.79 Å². The zero-order valence-electron chi connectivity index (χ0n) is 15.3. The average molecular weight is 337 g/mol. The Hall–Kier alpha value is -0.610. The van der Waals surface area contributed by atoms with Crippen molar-refractivity contribution in [3.63, 3.8) is 0 Å². The number of fused-ring (bicyclic) bond motifs is 4.